The normalized spacial score (nSPS) is 20.3. The van der Waals surface area contributed by atoms with E-state index in [0.717, 1.165) is 0 Å². The lowest BCUT2D eigenvalue weighted by atomic mass is 10.0. The van der Waals surface area contributed by atoms with Crippen LogP contribution in [0.1, 0.15) is 42.5 Å². The van der Waals surface area contributed by atoms with E-state index < -0.39 is 12.2 Å². The van der Waals surface area contributed by atoms with Crippen LogP contribution < -0.4 is 15.8 Å². The van der Waals surface area contributed by atoms with E-state index in [-0.39, 0.29) is 23.4 Å². The zero-order valence-corrected chi connectivity index (χ0v) is 16.0. The highest BCUT2D eigenvalue weighted by Crippen LogP contribution is 2.29. The average molecular weight is 400 g/mol. The van der Waals surface area contributed by atoms with Gasteiger partial charge in [0.15, 0.2) is 0 Å². The number of nitrogens with zero attached hydrogens (tertiary/aromatic N) is 1. The summed E-state index contributed by atoms with van der Waals surface area (Å²) in [4.78, 5) is 25.0. The van der Waals surface area contributed by atoms with Crippen molar-refractivity contribution in [2.75, 3.05) is 25.9 Å². The number of carbonyl (C=O) groups excluding carboxylic acids is 1. The molecule has 2 atom stereocenters. The number of aliphatic carboxylic acids is 1. The van der Waals surface area contributed by atoms with Crippen LogP contribution in [0.2, 0.25) is 5.02 Å². The molecular formula is C18H26ClN3O5. The summed E-state index contributed by atoms with van der Waals surface area (Å²) in [5.74, 6) is -0.804. The number of unbranched alkanes of at least 4 members (excludes halogenated alkanes) is 1. The fourth-order valence-corrected chi connectivity index (χ4v) is 3.32. The molecule has 150 valence electrons. The van der Waals surface area contributed by atoms with E-state index >= 15 is 0 Å². The lowest BCUT2D eigenvalue weighted by Gasteiger charge is -2.36. The molecule has 1 aromatic carbocycles. The van der Waals surface area contributed by atoms with Crippen LogP contribution in [0.15, 0.2) is 12.1 Å². The summed E-state index contributed by atoms with van der Waals surface area (Å²) in [5, 5.41) is 22.1. The fraction of sp³-hybridized carbons (Fsp3) is 0.556. The van der Waals surface area contributed by atoms with Crippen molar-refractivity contribution < 1.29 is 24.5 Å². The SMILES string of the molecule is COc1cc(N)c(Cl)cc1C(=O)NC1CCN(CCCCC(=O)O)C(O)C1. The number of amides is 1. The predicted octanol–water partition coefficient (Wildman–Crippen LogP) is 1.70. The summed E-state index contributed by atoms with van der Waals surface area (Å²) >= 11 is 6.01. The van der Waals surface area contributed by atoms with Crippen molar-refractivity contribution in [3.05, 3.63) is 22.7 Å². The maximum atomic E-state index is 12.6. The first kappa shape index (κ1) is 21.3. The van der Waals surface area contributed by atoms with E-state index in [1.807, 2.05) is 4.90 Å². The minimum Gasteiger partial charge on any atom is -0.496 e. The summed E-state index contributed by atoms with van der Waals surface area (Å²) in [6, 6.07) is 2.80. The molecule has 1 aromatic rings. The maximum Gasteiger partial charge on any atom is 0.303 e. The molecule has 5 N–H and O–H groups in total. The van der Waals surface area contributed by atoms with E-state index in [1.54, 1.807) is 0 Å². The number of aliphatic hydroxyl groups is 1. The Morgan fingerprint density at radius 1 is 1.41 bits per heavy atom. The third-order valence-electron chi connectivity index (χ3n) is 4.67. The van der Waals surface area contributed by atoms with Gasteiger partial charge in [-0.05, 0) is 25.3 Å². The van der Waals surface area contributed by atoms with Gasteiger partial charge in [-0.2, -0.15) is 0 Å². The Balaban J connectivity index is 1.88. The van der Waals surface area contributed by atoms with E-state index in [0.29, 0.717) is 55.8 Å². The van der Waals surface area contributed by atoms with Gasteiger partial charge in [-0.1, -0.05) is 11.6 Å². The fourth-order valence-electron chi connectivity index (χ4n) is 3.15. The number of nitrogens with two attached hydrogens (primary N) is 1. The number of carboxylic acid groups (broad SMARTS) is 1. The third kappa shape index (κ3) is 5.98. The molecule has 0 aliphatic carbocycles. The van der Waals surface area contributed by atoms with Crippen molar-refractivity contribution in [1.29, 1.82) is 0 Å². The molecule has 1 fully saturated rings. The number of anilines is 1. The van der Waals surface area contributed by atoms with Crippen molar-refractivity contribution in [1.82, 2.24) is 10.2 Å². The third-order valence-corrected chi connectivity index (χ3v) is 4.99. The van der Waals surface area contributed by atoms with Crippen LogP contribution in [-0.4, -0.2) is 59.5 Å². The summed E-state index contributed by atoms with van der Waals surface area (Å²) < 4.78 is 5.20. The first-order chi connectivity index (χ1) is 12.8. The number of carboxylic acids is 1. The molecular weight excluding hydrogens is 374 g/mol. The first-order valence-corrected chi connectivity index (χ1v) is 9.27. The summed E-state index contributed by atoms with van der Waals surface area (Å²) in [6.45, 7) is 1.26. The lowest BCUT2D eigenvalue weighted by Crippen LogP contribution is -2.50. The lowest BCUT2D eigenvalue weighted by molar-refractivity contribution is -0.137. The second kappa shape index (κ2) is 9.77. The number of methoxy groups -OCH3 is 1. The molecule has 1 amide bonds. The van der Waals surface area contributed by atoms with Gasteiger partial charge in [-0.3, -0.25) is 14.5 Å². The largest absolute Gasteiger partial charge is 0.496 e. The number of carbonyl (C=O) groups is 2. The Bertz CT molecular complexity index is 685. The van der Waals surface area contributed by atoms with Crippen LogP contribution in [0, 0.1) is 0 Å². The number of nitrogens with one attached hydrogen (secondary N) is 1. The highest BCUT2D eigenvalue weighted by molar-refractivity contribution is 6.33. The first-order valence-electron chi connectivity index (χ1n) is 8.89. The van der Waals surface area contributed by atoms with Gasteiger partial charge in [-0.25, -0.2) is 0 Å². The number of nitrogen functional groups attached to an aromatic ring is 1. The van der Waals surface area contributed by atoms with E-state index in [1.165, 1.54) is 19.2 Å². The zero-order chi connectivity index (χ0) is 20.0. The Morgan fingerprint density at radius 2 is 2.15 bits per heavy atom. The van der Waals surface area contributed by atoms with Gasteiger partial charge in [0, 0.05) is 38.0 Å². The average Bonchev–Trinajstić information content (AvgIpc) is 2.61. The number of halogens is 1. The van der Waals surface area contributed by atoms with E-state index in [9.17, 15) is 14.7 Å². The van der Waals surface area contributed by atoms with E-state index in [4.69, 9.17) is 27.2 Å². The smallest absolute Gasteiger partial charge is 0.303 e. The highest BCUT2D eigenvalue weighted by Gasteiger charge is 2.28. The number of hydrogen-bond donors (Lipinski definition) is 4. The number of benzene rings is 1. The molecule has 0 saturated carbocycles. The Morgan fingerprint density at radius 3 is 2.78 bits per heavy atom. The number of likely N-dealkylation sites (tertiary alicyclic amines) is 1. The molecule has 2 rings (SSSR count). The quantitative estimate of drug-likeness (QED) is 0.387. The summed E-state index contributed by atoms with van der Waals surface area (Å²) in [6.07, 6.45) is 1.83. The van der Waals surface area contributed by atoms with Crippen molar-refractivity contribution in [2.45, 2.75) is 44.4 Å². The topological polar surface area (TPSA) is 125 Å². The number of aliphatic hydroxyl groups excluding tert-OH is 1. The molecule has 8 nitrogen and oxygen atoms in total. The Hall–Kier alpha value is -2.03. The molecule has 0 spiro atoms. The zero-order valence-electron chi connectivity index (χ0n) is 15.3. The van der Waals surface area contributed by atoms with Crippen LogP contribution in [0.4, 0.5) is 5.69 Å². The van der Waals surface area contributed by atoms with Gasteiger partial charge in [0.25, 0.3) is 5.91 Å². The molecule has 9 heteroatoms. The molecule has 0 aromatic heterocycles. The van der Waals surface area contributed by atoms with Gasteiger partial charge in [-0.15, -0.1) is 0 Å². The Kier molecular flexibility index (Phi) is 7.70. The molecule has 1 aliphatic rings. The maximum absolute atomic E-state index is 12.6. The van der Waals surface area contributed by atoms with Crippen LogP contribution in [0.3, 0.4) is 0 Å². The van der Waals surface area contributed by atoms with Crippen molar-refractivity contribution >= 4 is 29.2 Å². The minimum absolute atomic E-state index is 0.134. The molecule has 1 aliphatic heterocycles. The molecule has 0 radical (unpaired) electrons. The monoisotopic (exact) mass is 399 g/mol. The molecule has 27 heavy (non-hydrogen) atoms. The summed E-state index contributed by atoms with van der Waals surface area (Å²) in [7, 11) is 1.45. The van der Waals surface area contributed by atoms with Gasteiger partial charge < -0.3 is 26.0 Å². The van der Waals surface area contributed by atoms with Crippen molar-refractivity contribution in [3.8, 4) is 5.75 Å². The van der Waals surface area contributed by atoms with Crippen LogP contribution in [-0.2, 0) is 4.79 Å². The van der Waals surface area contributed by atoms with Gasteiger partial charge in [0.1, 0.15) is 12.0 Å². The molecule has 0 bridgehead atoms. The highest BCUT2D eigenvalue weighted by atomic mass is 35.5. The minimum atomic E-state index is -0.810. The van der Waals surface area contributed by atoms with Crippen molar-refractivity contribution in [3.63, 3.8) is 0 Å². The van der Waals surface area contributed by atoms with Crippen LogP contribution in [0.5, 0.6) is 5.75 Å². The summed E-state index contributed by atoms with van der Waals surface area (Å²) in [5.41, 5.74) is 6.36. The molecule has 1 saturated heterocycles. The van der Waals surface area contributed by atoms with Gasteiger partial charge in [0.05, 0.1) is 23.4 Å². The number of rotatable bonds is 8. The molecule has 2 unspecified atom stereocenters. The van der Waals surface area contributed by atoms with Gasteiger partial charge >= 0.3 is 5.97 Å². The second-order valence-electron chi connectivity index (χ2n) is 6.64. The number of ether oxygens (including phenoxy) is 1. The van der Waals surface area contributed by atoms with Gasteiger partial charge in [0.2, 0.25) is 0 Å². The van der Waals surface area contributed by atoms with Crippen LogP contribution >= 0.6 is 11.6 Å². The molecule has 1 heterocycles. The second-order valence-corrected chi connectivity index (χ2v) is 7.04. The number of piperidine rings is 1. The number of hydrogen-bond acceptors (Lipinski definition) is 6. The van der Waals surface area contributed by atoms with E-state index in [2.05, 4.69) is 5.32 Å². The van der Waals surface area contributed by atoms with Crippen molar-refractivity contribution in [2.24, 2.45) is 0 Å². The standard InChI is InChI=1S/C18H26ClN3O5/c1-27-15-10-14(20)13(19)9-12(15)18(26)21-11-5-7-22(16(23)8-11)6-3-2-4-17(24)25/h9-11,16,23H,2-8,20H2,1H3,(H,21,26)(H,24,25). The Labute approximate surface area is 163 Å². The predicted molar refractivity (Wildman–Crippen MR) is 102 cm³/mol. The van der Waals surface area contributed by atoms with Crippen LogP contribution in [0.25, 0.3) is 0 Å².